The molecule has 24 heavy (non-hydrogen) atoms. The number of primary amides is 1. The third-order valence-electron chi connectivity index (χ3n) is 3.48. The molecule has 0 saturated heterocycles. The molecule has 2 aromatic rings. The molecule has 0 spiro atoms. The zero-order valence-corrected chi connectivity index (χ0v) is 12.8. The largest absolute Gasteiger partial charge is 0.368 e. The van der Waals surface area contributed by atoms with Gasteiger partial charge in [-0.15, -0.1) is 0 Å². The molecule has 0 bridgehead atoms. The molecule has 0 heterocycles. The van der Waals surface area contributed by atoms with Gasteiger partial charge in [-0.05, 0) is 35.4 Å². The van der Waals surface area contributed by atoms with Gasteiger partial charge in [-0.25, -0.2) is 4.39 Å². The molecule has 122 valence electrons. The number of nitrogens with one attached hydrogen (secondary N) is 1. The number of nitrogens with zero attached hydrogens (tertiary/aromatic N) is 1. The van der Waals surface area contributed by atoms with Crippen LogP contribution in [0.4, 0.5) is 4.39 Å². The second-order valence-corrected chi connectivity index (χ2v) is 5.34. The summed E-state index contributed by atoms with van der Waals surface area (Å²) in [4.78, 5) is 23.6. The van der Waals surface area contributed by atoms with Crippen molar-refractivity contribution in [1.29, 1.82) is 5.26 Å². The van der Waals surface area contributed by atoms with E-state index in [9.17, 15) is 14.0 Å². The summed E-state index contributed by atoms with van der Waals surface area (Å²) < 4.78 is 12.9. The maximum absolute atomic E-state index is 12.9. The van der Waals surface area contributed by atoms with Crippen molar-refractivity contribution >= 4 is 11.8 Å². The Hall–Kier alpha value is -3.20. The first-order valence-electron chi connectivity index (χ1n) is 7.30. The summed E-state index contributed by atoms with van der Waals surface area (Å²) in [7, 11) is 0. The standard InChI is InChI=1S/C18H16FN3O2/c19-15-7-5-13(6-8-15)10-17(23)22-16(18(21)24)9-12-1-3-14(11-20)4-2-12/h1-8,16H,9-10H2,(H2,21,24)(H,22,23)/t16-/m0/s1. The molecular formula is C18H16FN3O2. The number of halogens is 1. The zero-order valence-electron chi connectivity index (χ0n) is 12.8. The van der Waals surface area contributed by atoms with Crippen molar-refractivity contribution < 1.29 is 14.0 Å². The number of nitrogens with two attached hydrogens (primary N) is 1. The lowest BCUT2D eigenvalue weighted by Crippen LogP contribution is -2.46. The Kier molecular flexibility index (Phi) is 5.63. The molecule has 0 aliphatic carbocycles. The molecule has 0 aliphatic rings. The van der Waals surface area contributed by atoms with Crippen LogP contribution < -0.4 is 11.1 Å². The summed E-state index contributed by atoms with van der Waals surface area (Å²) >= 11 is 0. The van der Waals surface area contributed by atoms with E-state index in [1.54, 1.807) is 24.3 Å². The number of hydrogen-bond donors (Lipinski definition) is 2. The zero-order chi connectivity index (χ0) is 17.5. The van der Waals surface area contributed by atoms with E-state index < -0.39 is 11.9 Å². The van der Waals surface area contributed by atoms with Gasteiger partial charge >= 0.3 is 0 Å². The average molecular weight is 325 g/mol. The topological polar surface area (TPSA) is 96.0 Å². The normalized spacial score (nSPS) is 11.3. The fourth-order valence-electron chi connectivity index (χ4n) is 2.21. The van der Waals surface area contributed by atoms with Crippen LogP contribution in [0, 0.1) is 17.1 Å². The van der Waals surface area contributed by atoms with Crippen molar-refractivity contribution in [2.75, 3.05) is 0 Å². The minimum atomic E-state index is -0.856. The number of rotatable bonds is 6. The van der Waals surface area contributed by atoms with Crippen LogP contribution in [0.5, 0.6) is 0 Å². The SMILES string of the molecule is N#Cc1ccc(C[C@H](NC(=O)Cc2ccc(F)cc2)C(N)=O)cc1. The average Bonchev–Trinajstić information content (AvgIpc) is 2.57. The van der Waals surface area contributed by atoms with Crippen molar-refractivity contribution in [1.82, 2.24) is 5.32 Å². The van der Waals surface area contributed by atoms with Crippen molar-refractivity contribution in [3.05, 3.63) is 71.0 Å². The van der Waals surface area contributed by atoms with Gasteiger partial charge in [-0.1, -0.05) is 24.3 Å². The molecule has 3 N–H and O–H groups in total. The molecule has 0 radical (unpaired) electrons. The molecule has 0 fully saturated rings. The second kappa shape index (κ2) is 7.88. The first kappa shape index (κ1) is 17.2. The van der Waals surface area contributed by atoms with E-state index in [0.29, 0.717) is 11.1 Å². The van der Waals surface area contributed by atoms with Gasteiger partial charge in [0.1, 0.15) is 11.9 Å². The van der Waals surface area contributed by atoms with Crippen molar-refractivity contribution in [3.63, 3.8) is 0 Å². The van der Waals surface area contributed by atoms with Crippen LogP contribution in [0.2, 0.25) is 0 Å². The molecule has 0 aliphatic heterocycles. The van der Waals surface area contributed by atoms with Crippen LogP contribution in [-0.2, 0) is 22.4 Å². The minimum Gasteiger partial charge on any atom is -0.368 e. The molecule has 2 rings (SSSR count). The minimum absolute atomic E-state index is 0.0252. The van der Waals surface area contributed by atoms with Crippen molar-refractivity contribution in [3.8, 4) is 6.07 Å². The maximum Gasteiger partial charge on any atom is 0.240 e. The van der Waals surface area contributed by atoms with E-state index in [0.717, 1.165) is 5.56 Å². The molecule has 2 amide bonds. The highest BCUT2D eigenvalue weighted by molar-refractivity contribution is 5.87. The maximum atomic E-state index is 12.9. The summed E-state index contributed by atoms with van der Waals surface area (Å²) in [6.07, 6.45) is 0.258. The lowest BCUT2D eigenvalue weighted by atomic mass is 10.0. The highest BCUT2D eigenvalue weighted by Crippen LogP contribution is 2.08. The van der Waals surface area contributed by atoms with E-state index >= 15 is 0 Å². The van der Waals surface area contributed by atoms with Crippen LogP contribution in [0.25, 0.3) is 0 Å². The molecule has 5 nitrogen and oxygen atoms in total. The summed E-state index contributed by atoms with van der Waals surface area (Å²) in [6.45, 7) is 0. The van der Waals surface area contributed by atoms with Gasteiger partial charge in [0.25, 0.3) is 0 Å². The third-order valence-corrected chi connectivity index (χ3v) is 3.48. The van der Waals surface area contributed by atoms with Crippen molar-refractivity contribution in [2.24, 2.45) is 5.73 Å². The highest BCUT2D eigenvalue weighted by Gasteiger charge is 2.18. The Bertz CT molecular complexity index is 764. The third kappa shape index (κ3) is 4.92. The van der Waals surface area contributed by atoms with Gasteiger partial charge in [0, 0.05) is 6.42 Å². The first-order chi connectivity index (χ1) is 11.5. The predicted octanol–water partition coefficient (Wildman–Crippen LogP) is 1.45. The summed E-state index contributed by atoms with van der Waals surface area (Å²) in [5.74, 6) is -1.40. The van der Waals surface area contributed by atoms with Crippen molar-refractivity contribution in [2.45, 2.75) is 18.9 Å². The quantitative estimate of drug-likeness (QED) is 0.841. The van der Waals surface area contributed by atoms with E-state index in [2.05, 4.69) is 5.32 Å². The van der Waals surface area contributed by atoms with E-state index in [-0.39, 0.29) is 24.6 Å². The van der Waals surface area contributed by atoms with Crippen LogP contribution in [0.3, 0.4) is 0 Å². The Labute approximate surface area is 138 Å². The van der Waals surface area contributed by atoms with Crippen LogP contribution in [0.1, 0.15) is 16.7 Å². The van der Waals surface area contributed by atoms with Gasteiger partial charge < -0.3 is 11.1 Å². The Balaban J connectivity index is 1.99. The molecule has 2 aromatic carbocycles. The molecule has 1 atom stereocenters. The van der Waals surface area contributed by atoms with Gasteiger partial charge in [0.2, 0.25) is 11.8 Å². The predicted molar refractivity (Wildman–Crippen MR) is 86.1 cm³/mol. The van der Waals surface area contributed by atoms with E-state index in [1.807, 2.05) is 6.07 Å². The Morgan fingerprint density at radius 2 is 1.67 bits per heavy atom. The van der Waals surface area contributed by atoms with Crippen LogP contribution in [-0.4, -0.2) is 17.9 Å². The Morgan fingerprint density at radius 3 is 2.21 bits per heavy atom. The van der Waals surface area contributed by atoms with Crippen LogP contribution in [0.15, 0.2) is 48.5 Å². The summed E-state index contributed by atoms with van der Waals surface area (Å²) in [5.41, 5.74) is 7.27. The number of hydrogen-bond acceptors (Lipinski definition) is 3. The highest BCUT2D eigenvalue weighted by atomic mass is 19.1. The summed E-state index contributed by atoms with van der Waals surface area (Å²) in [6, 6.07) is 13.4. The monoisotopic (exact) mass is 325 g/mol. The van der Waals surface area contributed by atoms with E-state index in [4.69, 9.17) is 11.0 Å². The Morgan fingerprint density at radius 1 is 1.08 bits per heavy atom. The lowest BCUT2D eigenvalue weighted by molar-refractivity contribution is -0.127. The second-order valence-electron chi connectivity index (χ2n) is 5.34. The van der Waals surface area contributed by atoms with Crippen LogP contribution >= 0.6 is 0 Å². The number of nitriles is 1. The number of amides is 2. The fourth-order valence-corrected chi connectivity index (χ4v) is 2.21. The number of carbonyl (C=O) groups excluding carboxylic acids is 2. The lowest BCUT2D eigenvalue weighted by Gasteiger charge is -2.15. The molecular weight excluding hydrogens is 309 g/mol. The number of benzene rings is 2. The van der Waals surface area contributed by atoms with Gasteiger partial charge in [0.05, 0.1) is 18.1 Å². The molecule has 0 unspecified atom stereocenters. The molecule has 6 heteroatoms. The van der Waals surface area contributed by atoms with Gasteiger partial charge in [-0.3, -0.25) is 9.59 Å². The molecule has 0 saturated carbocycles. The van der Waals surface area contributed by atoms with E-state index in [1.165, 1.54) is 24.3 Å². The molecule has 0 aromatic heterocycles. The smallest absolute Gasteiger partial charge is 0.240 e. The van der Waals surface area contributed by atoms with Gasteiger partial charge in [-0.2, -0.15) is 5.26 Å². The number of carbonyl (C=O) groups is 2. The first-order valence-corrected chi connectivity index (χ1v) is 7.30. The summed E-state index contributed by atoms with van der Waals surface area (Å²) in [5, 5.41) is 11.4. The van der Waals surface area contributed by atoms with Gasteiger partial charge in [0.15, 0.2) is 0 Å². The fraction of sp³-hybridized carbons (Fsp3) is 0.167.